The first-order chi connectivity index (χ1) is 9.95. The number of aliphatic hydroxyl groups is 1. The van der Waals surface area contributed by atoms with Crippen LogP contribution in [0.25, 0.3) is 0 Å². The van der Waals surface area contributed by atoms with Gasteiger partial charge in [0, 0.05) is 23.2 Å². The van der Waals surface area contributed by atoms with Gasteiger partial charge in [-0.05, 0) is 44.9 Å². The lowest BCUT2D eigenvalue weighted by Crippen LogP contribution is -2.30. The SMILES string of the molecule is Cc1ncc(C(C)NC(C)CC(O)c2ccc(F)cc2)s1. The van der Waals surface area contributed by atoms with Crippen LogP contribution in [0.3, 0.4) is 0 Å². The molecule has 0 saturated carbocycles. The normalized spacial score (nSPS) is 15.7. The Morgan fingerprint density at radius 2 is 1.95 bits per heavy atom. The number of nitrogens with one attached hydrogen (secondary N) is 1. The van der Waals surface area contributed by atoms with Gasteiger partial charge in [-0.15, -0.1) is 11.3 Å². The number of hydrogen-bond donors (Lipinski definition) is 2. The average Bonchev–Trinajstić information content (AvgIpc) is 2.86. The van der Waals surface area contributed by atoms with E-state index < -0.39 is 6.10 Å². The quantitative estimate of drug-likeness (QED) is 0.854. The summed E-state index contributed by atoms with van der Waals surface area (Å²) in [4.78, 5) is 5.45. The minimum absolute atomic E-state index is 0.141. The van der Waals surface area contributed by atoms with Crippen molar-refractivity contribution in [3.05, 3.63) is 51.7 Å². The number of halogens is 1. The second-order valence-corrected chi connectivity index (χ2v) is 6.64. The molecule has 2 N–H and O–H groups in total. The fourth-order valence-electron chi connectivity index (χ4n) is 2.31. The lowest BCUT2D eigenvalue weighted by atomic mass is 10.0. The molecule has 2 aromatic rings. The molecule has 0 radical (unpaired) electrons. The van der Waals surface area contributed by atoms with Crippen LogP contribution in [0.5, 0.6) is 0 Å². The molecule has 3 atom stereocenters. The lowest BCUT2D eigenvalue weighted by molar-refractivity contribution is 0.152. The summed E-state index contributed by atoms with van der Waals surface area (Å²) in [6.45, 7) is 6.12. The fraction of sp³-hybridized carbons (Fsp3) is 0.438. The summed E-state index contributed by atoms with van der Waals surface area (Å²) < 4.78 is 12.9. The molecule has 0 amide bonds. The summed E-state index contributed by atoms with van der Waals surface area (Å²) in [6.07, 6.45) is 1.87. The number of hydrogen-bond acceptors (Lipinski definition) is 4. The van der Waals surface area contributed by atoms with E-state index in [9.17, 15) is 9.50 Å². The minimum Gasteiger partial charge on any atom is -0.388 e. The van der Waals surface area contributed by atoms with E-state index in [1.807, 2.05) is 20.0 Å². The molecule has 5 heteroatoms. The molecule has 0 fully saturated rings. The summed E-state index contributed by atoms with van der Waals surface area (Å²) in [5.41, 5.74) is 0.742. The topological polar surface area (TPSA) is 45.2 Å². The maximum absolute atomic E-state index is 12.9. The Morgan fingerprint density at radius 3 is 2.52 bits per heavy atom. The highest BCUT2D eigenvalue weighted by molar-refractivity contribution is 7.11. The Morgan fingerprint density at radius 1 is 1.29 bits per heavy atom. The average molecular weight is 308 g/mol. The van der Waals surface area contributed by atoms with Gasteiger partial charge in [0.15, 0.2) is 0 Å². The molecule has 0 bridgehead atoms. The van der Waals surface area contributed by atoms with Gasteiger partial charge < -0.3 is 10.4 Å². The first-order valence-corrected chi connectivity index (χ1v) is 7.89. The van der Waals surface area contributed by atoms with E-state index >= 15 is 0 Å². The zero-order chi connectivity index (χ0) is 15.4. The van der Waals surface area contributed by atoms with Crippen LogP contribution in [-0.4, -0.2) is 16.1 Å². The standard InChI is InChI=1S/C16H21FN2OS/c1-10(19-11(2)16-9-18-12(3)21-16)8-15(20)13-4-6-14(17)7-5-13/h4-7,9-11,15,19-20H,8H2,1-3H3. The van der Waals surface area contributed by atoms with Gasteiger partial charge in [-0.2, -0.15) is 0 Å². The van der Waals surface area contributed by atoms with Crippen molar-refractivity contribution in [1.82, 2.24) is 10.3 Å². The molecule has 114 valence electrons. The first-order valence-electron chi connectivity index (χ1n) is 7.07. The second-order valence-electron chi connectivity index (χ2n) is 5.37. The lowest BCUT2D eigenvalue weighted by Gasteiger charge is -2.21. The Balaban J connectivity index is 1.88. The number of aliphatic hydroxyl groups excluding tert-OH is 1. The molecule has 3 nitrogen and oxygen atoms in total. The third-order valence-electron chi connectivity index (χ3n) is 3.43. The van der Waals surface area contributed by atoms with E-state index in [2.05, 4.69) is 17.2 Å². The first kappa shape index (κ1) is 16.1. The fourth-order valence-corrected chi connectivity index (χ4v) is 3.11. The van der Waals surface area contributed by atoms with Crippen molar-refractivity contribution in [2.45, 2.75) is 45.4 Å². The van der Waals surface area contributed by atoms with Crippen molar-refractivity contribution in [2.24, 2.45) is 0 Å². The summed E-state index contributed by atoms with van der Waals surface area (Å²) in [5.74, 6) is -0.286. The van der Waals surface area contributed by atoms with Crippen molar-refractivity contribution in [2.75, 3.05) is 0 Å². The van der Waals surface area contributed by atoms with Crippen LogP contribution < -0.4 is 5.32 Å². The van der Waals surface area contributed by atoms with E-state index in [1.165, 1.54) is 17.0 Å². The predicted molar refractivity (Wildman–Crippen MR) is 83.8 cm³/mol. The second kappa shape index (κ2) is 7.11. The van der Waals surface area contributed by atoms with Gasteiger partial charge >= 0.3 is 0 Å². The maximum atomic E-state index is 12.9. The van der Waals surface area contributed by atoms with Gasteiger partial charge in [0.2, 0.25) is 0 Å². The molecule has 0 aliphatic rings. The Kier molecular flexibility index (Phi) is 5.45. The molecule has 0 aliphatic heterocycles. The van der Waals surface area contributed by atoms with Crippen LogP contribution in [0.2, 0.25) is 0 Å². The highest BCUT2D eigenvalue weighted by atomic mass is 32.1. The molecule has 1 heterocycles. The van der Waals surface area contributed by atoms with Crippen molar-refractivity contribution >= 4 is 11.3 Å². The van der Waals surface area contributed by atoms with Crippen molar-refractivity contribution < 1.29 is 9.50 Å². The molecular weight excluding hydrogens is 287 g/mol. The monoisotopic (exact) mass is 308 g/mol. The largest absolute Gasteiger partial charge is 0.388 e. The summed E-state index contributed by atoms with van der Waals surface area (Å²) >= 11 is 1.68. The number of thiazole rings is 1. The molecule has 0 aliphatic carbocycles. The Hall–Kier alpha value is -1.30. The van der Waals surface area contributed by atoms with Crippen LogP contribution in [-0.2, 0) is 0 Å². The van der Waals surface area contributed by atoms with Gasteiger partial charge in [-0.3, -0.25) is 0 Å². The Labute approximate surface area is 128 Å². The summed E-state index contributed by atoms with van der Waals surface area (Å²) in [6, 6.07) is 6.35. The highest BCUT2D eigenvalue weighted by Crippen LogP contribution is 2.23. The predicted octanol–water partition coefficient (Wildman–Crippen LogP) is 3.75. The van der Waals surface area contributed by atoms with Crippen LogP contribution >= 0.6 is 11.3 Å². The van der Waals surface area contributed by atoms with E-state index in [4.69, 9.17) is 0 Å². The zero-order valence-electron chi connectivity index (χ0n) is 12.5. The van der Waals surface area contributed by atoms with Gasteiger partial charge in [0.05, 0.1) is 11.1 Å². The van der Waals surface area contributed by atoms with Gasteiger partial charge in [-0.25, -0.2) is 9.37 Å². The van der Waals surface area contributed by atoms with Crippen molar-refractivity contribution in [3.8, 4) is 0 Å². The number of nitrogens with zero attached hydrogens (tertiary/aromatic N) is 1. The molecule has 3 unspecified atom stereocenters. The van der Waals surface area contributed by atoms with E-state index in [0.717, 1.165) is 10.6 Å². The van der Waals surface area contributed by atoms with Crippen LogP contribution in [0.15, 0.2) is 30.5 Å². The Bertz CT molecular complexity index is 570. The number of aryl methyl sites for hydroxylation is 1. The number of aromatic nitrogens is 1. The smallest absolute Gasteiger partial charge is 0.123 e. The van der Waals surface area contributed by atoms with Crippen molar-refractivity contribution in [1.29, 1.82) is 0 Å². The minimum atomic E-state index is -0.594. The number of benzene rings is 1. The molecular formula is C16H21FN2OS. The maximum Gasteiger partial charge on any atom is 0.123 e. The van der Waals surface area contributed by atoms with Gasteiger partial charge in [-0.1, -0.05) is 12.1 Å². The summed E-state index contributed by atoms with van der Waals surface area (Å²) in [7, 11) is 0. The van der Waals surface area contributed by atoms with Crippen molar-refractivity contribution in [3.63, 3.8) is 0 Å². The highest BCUT2D eigenvalue weighted by Gasteiger charge is 2.16. The van der Waals surface area contributed by atoms with Crippen LogP contribution in [0.1, 0.15) is 47.9 Å². The van der Waals surface area contributed by atoms with Gasteiger partial charge in [0.25, 0.3) is 0 Å². The zero-order valence-corrected chi connectivity index (χ0v) is 13.3. The van der Waals surface area contributed by atoms with Crippen LogP contribution in [0, 0.1) is 12.7 Å². The molecule has 1 aromatic heterocycles. The van der Waals surface area contributed by atoms with E-state index in [1.54, 1.807) is 23.5 Å². The third kappa shape index (κ3) is 4.59. The van der Waals surface area contributed by atoms with Gasteiger partial charge in [0.1, 0.15) is 5.82 Å². The molecule has 2 rings (SSSR count). The molecule has 1 aromatic carbocycles. The molecule has 21 heavy (non-hydrogen) atoms. The summed E-state index contributed by atoms with van der Waals surface area (Å²) in [5, 5.41) is 14.7. The molecule has 0 spiro atoms. The molecule has 0 saturated heterocycles. The van der Waals surface area contributed by atoms with E-state index in [0.29, 0.717) is 6.42 Å². The van der Waals surface area contributed by atoms with E-state index in [-0.39, 0.29) is 17.9 Å². The van der Waals surface area contributed by atoms with Crippen LogP contribution in [0.4, 0.5) is 4.39 Å². The third-order valence-corrected chi connectivity index (χ3v) is 4.53. The number of rotatable bonds is 6.